The first-order chi connectivity index (χ1) is 18.2. The Hall–Kier alpha value is -3.22. The topological polar surface area (TPSA) is 92.3 Å². The predicted molar refractivity (Wildman–Crippen MR) is 155 cm³/mol. The van der Waals surface area contributed by atoms with Crippen molar-refractivity contribution in [2.75, 3.05) is 45.9 Å². The quantitative estimate of drug-likeness (QED) is 0.285. The lowest BCUT2D eigenvalue weighted by atomic mass is 10.2. The minimum atomic E-state index is -3.73. The summed E-state index contributed by atoms with van der Waals surface area (Å²) in [4.78, 5) is 22.1. The van der Waals surface area contributed by atoms with E-state index in [1.165, 1.54) is 27.8 Å². The second kappa shape index (κ2) is 11.9. The molecule has 5 rings (SSSR count). The first-order valence-electron chi connectivity index (χ1n) is 12.0. The lowest BCUT2D eigenvalue weighted by Crippen LogP contribution is -2.36. The highest BCUT2D eigenvalue weighted by Crippen LogP contribution is 2.40. The number of benzene rings is 3. The largest absolute Gasteiger partial charge is 0.454 e. The third kappa shape index (κ3) is 6.18. The second-order valence-electron chi connectivity index (χ2n) is 9.20. The maximum atomic E-state index is 13.6. The Labute approximate surface area is 238 Å². The van der Waals surface area contributed by atoms with Gasteiger partial charge >= 0.3 is 0 Å². The Bertz CT molecular complexity index is 1520. The first kappa shape index (κ1) is 28.8. The fourth-order valence-corrected chi connectivity index (χ4v) is 6.20. The van der Waals surface area contributed by atoms with Crippen molar-refractivity contribution in [3.05, 3.63) is 77.9 Å². The van der Waals surface area contributed by atoms with Gasteiger partial charge in [-0.25, -0.2) is 13.4 Å². The van der Waals surface area contributed by atoms with E-state index in [-0.39, 0.29) is 36.5 Å². The Kier molecular flexibility index (Phi) is 8.77. The van der Waals surface area contributed by atoms with Crippen LogP contribution in [0.3, 0.4) is 0 Å². The molecule has 0 fully saturated rings. The first-order valence-corrected chi connectivity index (χ1v) is 14.2. The van der Waals surface area contributed by atoms with Crippen LogP contribution in [-0.2, 0) is 16.6 Å². The van der Waals surface area contributed by atoms with Gasteiger partial charge in [-0.3, -0.25) is 9.69 Å². The zero-order chi connectivity index (χ0) is 26.9. The number of amides is 1. The molecule has 0 unspecified atom stereocenters. The molecular formula is C27H29ClN4O5S2. The SMILES string of the molecule is CN(C)CCN(C(=O)c1ccc(S(=O)(=O)N(C)Cc2ccccc2)cc1)c1nc2cc3c(cc2s1)OCO3.Cl. The van der Waals surface area contributed by atoms with Gasteiger partial charge in [0.1, 0.15) is 0 Å². The van der Waals surface area contributed by atoms with Crippen molar-refractivity contribution in [1.29, 1.82) is 0 Å². The van der Waals surface area contributed by atoms with Gasteiger partial charge in [0.2, 0.25) is 16.8 Å². The summed E-state index contributed by atoms with van der Waals surface area (Å²) in [5, 5.41) is 0.551. The van der Waals surface area contributed by atoms with E-state index in [1.807, 2.05) is 61.5 Å². The number of hydrogen-bond acceptors (Lipinski definition) is 8. The molecule has 1 aliphatic rings. The van der Waals surface area contributed by atoms with Gasteiger partial charge in [-0.15, -0.1) is 12.4 Å². The second-order valence-corrected chi connectivity index (χ2v) is 12.3. The Morgan fingerprint density at radius 2 is 1.62 bits per heavy atom. The zero-order valence-electron chi connectivity index (χ0n) is 21.7. The lowest BCUT2D eigenvalue weighted by molar-refractivity contribution is 0.0985. The van der Waals surface area contributed by atoms with Crippen LogP contribution in [0.1, 0.15) is 15.9 Å². The number of hydrogen-bond donors (Lipinski definition) is 0. The molecule has 1 aromatic heterocycles. The van der Waals surface area contributed by atoms with Crippen LogP contribution in [-0.4, -0.2) is 69.5 Å². The number of sulfonamides is 1. The average molecular weight is 589 g/mol. The number of likely N-dealkylation sites (N-methyl/N-ethyl adjacent to an activating group) is 1. The van der Waals surface area contributed by atoms with Crippen LogP contribution in [0.15, 0.2) is 71.6 Å². The molecule has 9 nitrogen and oxygen atoms in total. The number of halogens is 1. The van der Waals surface area contributed by atoms with Gasteiger partial charge in [-0.1, -0.05) is 41.7 Å². The molecule has 3 aromatic carbocycles. The van der Waals surface area contributed by atoms with Gasteiger partial charge < -0.3 is 14.4 Å². The molecule has 0 spiro atoms. The predicted octanol–water partition coefficient (Wildman–Crippen LogP) is 4.48. The molecule has 1 aliphatic heterocycles. The molecule has 0 saturated carbocycles. The van der Waals surface area contributed by atoms with Crippen molar-refractivity contribution < 1.29 is 22.7 Å². The molecule has 0 saturated heterocycles. The van der Waals surface area contributed by atoms with E-state index in [2.05, 4.69) is 0 Å². The zero-order valence-corrected chi connectivity index (χ0v) is 24.2. The summed E-state index contributed by atoms with van der Waals surface area (Å²) in [5.74, 6) is 1.04. The van der Waals surface area contributed by atoms with Crippen molar-refractivity contribution in [2.24, 2.45) is 0 Å². The van der Waals surface area contributed by atoms with Crippen LogP contribution in [0.25, 0.3) is 10.2 Å². The van der Waals surface area contributed by atoms with E-state index in [4.69, 9.17) is 14.5 Å². The van der Waals surface area contributed by atoms with Crippen molar-refractivity contribution in [1.82, 2.24) is 14.2 Å². The molecule has 2 heterocycles. The summed E-state index contributed by atoms with van der Waals surface area (Å²) in [7, 11) is 1.69. The van der Waals surface area contributed by atoms with E-state index in [1.54, 1.807) is 24.1 Å². The molecule has 0 aliphatic carbocycles. The van der Waals surface area contributed by atoms with Gasteiger partial charge in [0, 0.05) is 44.4 Å². The van der Waals surface area contributed by atoms with Gasteiger partial charge in [0.15, 0.2) is 16.6 Å². The fraction of sp³-hybridized carbons (Fsp3) is 0.259. The molecule has 0 atom stereocenters. The smallest absolute Gasteiger partial charge is 0.260 e. The summed E-state index contributed by atoms with van der Waals surface area (Å²) in [6.45, 7) is 1.47. The van der Waals surface area contributed by atoms with Crippen LogP contribution < -0.4 is 14.4 Å². The minimum absolute atomic E-state index is 0. The Morgan fingerprint density at radius 1 is 0.949 bits per heavy atom. The van der Waals surface area contributed by atoms with Crippen LogP contribution in [0.5, 0.6) is 11.5 Å². The van der Waals surface area contributed by atoms with E-state index in [0.29, 0.717) is 35.3 Å². The number of anilines is 1. The van der Waals surface area contributed by atoms with E-state index >= 15 is 0 Å². The number of ether oxygens (including phenoxy) is 2. The molecular weight excluding hydrogens is 560 g/mol. The number of rotatable bonds is 9. The van der Waals surface area contributed by atoms with E-state index < -0.39 is 10.0 Å². The van der Waals surface area contributed by atoms with Crippen LogP contribution in [0.2, 0.25) is 0 Å². The standard InChI is InChI=1S/C27H28N4O5S2.ClH/c1-29(2)13-14-31(27-28-22-15-23-24(36-18-35-23)16-25(22)37-27)26(32)20-9-11-21(12-10-20)38(33,34)30(3)17-19-7-5-4-6-8-19;/h4-12,15-16H,13-14,17-18H2,1-3H3;1H. The maximum absolute atomic E-state index is 13.6. The van der Waals surface area contributed by atoms with Crippen molar-refractivity contribution >= 4 is 55.0 Å². The Balaban J connectivity index is 0.00000353. The number of thiazole rings is 1. The molecule has 206 valence electrons. The van der Waals surface area contributed by atoms with Gasteiger partial charge in [-0.05, 0) is 43.9 Å². The summed E-state index contributed by atoms with van der Waals surface area (Å²) >= 11 is 1.40. The average Bonchev–Trinajstić information content (AvgIpc) is 3.53. The van der Waals surface area contributed by atoms with Crippen LogP contribution in [0, 0.1) is 0 Å². The summed E-state index contributed by atoms with van der Waals surface area (Å²) in [6.07, 6.45) is 0. The number of nitrogens with zero attached hydrogens (tertiary/aromatic N) is 4. The lowest BCUT2D eigenvalue weighted by Gasteiger charge is -2.22. The fourth-order valence-electron chi connectivity index (χ4n) is 4.04. The highest BCUT2D eigenvalue weighted by Gasteiger charge is 2.25. The third-order valence-corrected chi connectivity index (χ3v) is 9.03. The van der Waals surface area contributed by atoms with E-state index in [0.717, 1.165) is 15.8 Å². The summed E-state index contributed by atoms with van der Waals surface area (Å²) < 4.78 is 39.4. The molecule has 0 N–H and O–H groups in total. The van der Waals surface area contributed by atoms with Crippen LogP contribution in [0.4, 0.5) is 5.13 Å². The third-order valence-electron chi connectivity index (χ3n) is 6.18. The molecule has 4 aromatic rings. The molecule has 12 heteroatoms. The summed E-state index contributed by atoms with van der Waals surface area (Å²) in [6, 6.07) is 19.1. The number of aromatic nitrogens is 1. The molecule has 0 bridgehead atoms. The van der Waals surface area contributed by atoms with Crippen molar-refractivity contribution in [3.8, 4) is 11.5 Å². The minimum Gasteiger partial charge on any atom is -0.454 e. The van der Waals surface area contributed by atoms with Gasteiger partial charge in [0.05, 0.1) is 15.1 Å². The summed E-state index contributed by atoms with van der Waals surface area (Å²) in [5.41, 5.74) is 1.99. The highest BCUT2D eigenvalue weighted by atomic mass is 35.5. The van der Waals surface area contributed by atoms with Crippen molar-refractivity contribution in [2.45, 2.75) is 11.4 Å². The molecule has 39 heavy (non-hydrogen) atoms. The highest BCUT2D eigenvalue weighted by molar-refractivity contribution is 7.89. The van der Waals surface area contributed by atoms with Crippen LogP contribution >= 0.6 is 23.7 Å². The van der Waals surface area contributed by atoms with Crippen molar-refractivity contribution in [3.63, 3.8) is 0 Å². The molecule has 0 radical (unpaired) electrons. The van der Waals surface area contributed by atoms with Gasteiger partial charge in [-0.2, -0.15) is 4.31 Å². The molecule has 1 amide bonds. The van der Waals surface area contributed by atoms with E-state index in [9.17, 15) is 13.2 Å². The maximum Gasteiger partial charge on any atom is 0.260 e. The number of carbonyl (C=O) groups is 1. The monoisotopic (exact) mass is 588 g/mol. The normalized spacial score (nSPS) is 12.6. The number of carbonyl (C=O) groups excluding carboxylic acids is 1. The Morgan fingerprint density at radius 3 is 2.28 bits per heavy atom. The number of fused-ring (bicyclic) bond motifs is 2. The van der Waals surface area contributed by atoms with Gasteiger partial charge in [0.25, 0.3) is 5.91 Å².